The van der Waals surface area contributed by atoms with E-state index in [2.05, 4.69) is 22.1 Å². The van der Waals surface area contributed by atoms with Crippen LogP contribution in [0, 0.1) is 5.92 Å². The zero-order chi connectivity index (χ0) is 15.0. The third-order valence-electron chi connectivity index (χ3n) is 4.05. The van der Waals surface area contributed by atoms with E-state index in [-0.39, 0.29) is 5.92 Å². The summed E-state index contributed by atoms with van der Waals surface area (Å²) in [5.41, 5.74) is 4.23. The standard InChI is InChI=1S/C16H19N3O2/c1-18(2)13-4-6-14(7-5-13)19-10-12-9-11(16(20)21)3-8-15(12)17-19/h4-7,10-11H,3,8-9H2,1-2H3,(H,20,21). The van der Waals surface area contributed by atoms with Crippen LogP contribution in [-0.2, 0) is 17.6 Å². The molecule has 21 heavy (non-hydrogen) atoms. The molecular formula is C16H19N3O2. The highest BCUT2D eigenvalue weighted by Crippen LogP contribution is 2.26. The van der Waals surface area contributed by atoms with E-state index in [1.54, 1.807) is 0 Å². The fourth-order valence-electron chi connectivity index (χ4n) is 2.75. The lowest BCUT2D eigenvalue weighted by atomic mass is 9.88. The fraction of sp³-hybridized carbons (Fsp3) is 0.375. The Bertz CT molecular complexity index is 659. The summed E-state index contributed by atoms with van der Waals surface area (Å²) in [6, 6.07) is 8.16. The molecule has 1 aromatic carbocycles. The Morgan fingerprint density at radius 2 is 2.05 bits per heavy atom. The van der Waals surface area contributed by atoms with Crippen molar-refractivity contribution in [2.75, 3.05) is 19.0 Å². The molecule has 5 nitrogen and oxygen atoms in total. The Morgan fingerprint density at radius 1 is 1.33 bits per heavy atom. The first-order chi connectivity index (χ1) is 10.0. The quantitative estimate of drug-likeness (QED) is 0.938. The second-order valence-electron chi connectivity index (χ2n) is 5.73. The number of hydrogen-bond donors (Lipinski definition) is 1. The normalized spacial score (nSPS) is 17.3. The van der Waals surface area contributed by atoms with Crippen LogP contribution in [-0.4, -0.2) is 35.0 Å². The van der Waals surface area contributed by atoms with Crippen LogP contribution in [0.1, 0.15) is 17.7 Å². The molecule has 1 heterocycles. The lowest BCUT2D eigenvalue weighted by molar-refractivity contribution is -0.142. The summed E-state index contributed by atoms with van der Waals surface area (Å²) in [5.74, 6) is -0.977. The van der Waals surface area contributed by atoms with Crippen LogP contribution in [0.2, 0.25) is 0 Å². The predicted molar refractivity (Wildman–Crippen MR) is 81.0 cm³/mol. The van der Waals surface area contributed by atoms with Gasteiger partial charge in [-0.3, -0.25) is 4.79 Å². The zero-order valence-electron chi connectivity index (χ0n) is 12.3. The number of fused-ring (bicyclic) bond motifs is 1. The van der Waals surface area contributed by atoms with E-state index in [1.807, 2.05) is 37.1 Å². The molecular weight excluding hydrogens is 266 g/mol. The number of carbonyl (C=O) groups is 1. The van der Waals surface area contributed by atoms with Crippen LogP contribution in [0.3, 0.4) is 0 Å². The van der Waals surface area contributed by atoms with Crippen LogP contribution in [0.15, 0.2) is 30.5 Å². The number of nitrogens with zero attached hydrogens (tertiary/aromatic N) is 3. The van der Waals surface area contributed by atoms with Gasteiger partial charge < -0.3 is 10.0 Å². The van der Waals surface area contributed by atoms with E-state index in [0.29, 0.717) is 12.8 Å². The fourth-order valence-corrected chi connectivity index (χ4v) is 2.75. The number of carboxylic acids is 1. The molecule has 1 aromatic heterocycles. The van der Waals surface area contributed by atoms with E-state index in [4.69, 9.17) is 5.11 Å². The lowest BCUT2D eigenvalue weighted by Gasteiger charge is -2.16. The molecule has 0 spiro atoms. The molecule has 0 fully saturated rings. The molecule has 5 heteroatoms. The summed E-state index contributed by atoms with van der Waals surface area (Å²) in [6.07, 6.45) is 3.98. The highest BCUT2D eigenvalue weighted by molar-refractivity contribution is 5.70. The Labute approximate surface area is 123 Å². The zero-order valence-corrected chi connectivity index (χ0v) is 12.3. The van der Waals surface area contributed by atoms with Crippen molar-refractivity contribution in [2.24, 2.45) is 5.92 Å². The molecule has 0 radical (unpaired) electrons. The van der Waals surface area contributed by atoms with Gasteiger partial charge in [0, 0.05) is 26.0 Å². The molecule has 2 aromatic rings. The van der Waals surface area contributed by atoms with E-state index >= 15 is 0 Å². The number of anilines is 1. The van der Waals surface area contributed by atoms with Gasteiger partial charge in [0.2, 0.25) is 0 Å². The first-order valence-corrected chi connectivity index (χ1v) is 7.12. The van der Waals surface area contributed by atoms with E-state index in [0.717, 1.165) is 29.1 Å². The Hall–Kier alpha value is -2.30. The Balaban J connectivity index is 1.86. The van der Waals surface area contributed by atoms with E-state index in [1.165, 1.54) is 0 Å². The molecule has 3 rings (SSSR count). The number of benzene rings is 1. The average molecular weight is 285 g/mol. The van der Waals surface area contributed by atoms with Gasteiger partial charge in [0.1, 0.15) is 0 Å². The summed E-state index contributed by atoms with van der Waals surface area (Å²) in [7, 11) is 4.02. The summed E-state index contributed by atoms with van der Waals surface area (Å²) < 4.78 is 1.86. The predicted octanol–water partition coefficient (Wildman–Crippen LogP) is 2.13. The van der Waals surface area contributed by atoms with Gasteiger partial charge in [-0.15, -0.1) is 0 Å². The first-order valence-electron chi connectivity index (χ1n) is 7.12. The first kappa shape index (κ1) is 13.7. The van der Waals surface area contributed by atoms with Crippen molar-refractivity contribution in [1.82, 2.24) is 9.78 Å². The Kier molecular flexibility index (Phi) is 3.41. The molecule has 0 bridgehead atoms. The number of hydrogen-bond acceptors (Lipinski definition) is 3. The van der Waals surface area contributed by atoms with Crippen LogP contribution in [0.4, 0.5) is 5.69 Å². The van der Waals surface area contributed by atoms with Gasteiger partial charge in [-0.1, -0.05) is 0 Å². The maximum absolute atomic E-state index is 11.1. The van der Waals surface area contributed by atoms with Crippen molar-refractivity contribution in [3.05, 3.63) is 41.7 Å². The average Bonchev–Trinajstić information content (AvgIpc) is 2.90. The molecule has 110 valence electrons. The van der Waals surface area contributed by atoms with Crippen molar-refractivity contribution in [3.8, 4) is 5.69 Å². The summed E-state index contributed by atoms with van der Waals surface area (Å²) in [4.78, 5) is 13.2. The van der Waals surface area contributed by atoms with Crippen molar-refractivity contribution in [3.63, 3.8) is 0 Å². The van der Waals surface area contributed by atoms with Gasteiger partial charge in [0.05, 0.1) is 17.3 Å². The topological polar surface area (TPSA) is 58.4 Å². The SMILES string of the molecule is CN(C)c1ccc(-n2cc3c(n2)CCC(C(=O)O)C3)cc1. The molecule has 1 N–H and O–H groups in total. The summed E-state index contributed by atoms with van der Waals surface area (Å²) >= 11 is 0. The van der Waals surface area contributed by atoms with Crippen molar-refractivity contribution < 1.29 is 9.90 Å². The van der Waals surface area contributed by atoms with Gasteiger partial charge in [0.15, 0.2) is 0 Å². The van der Waals surface area contributed by atoms with Crippen molar-refractivity contribution in [1.29, 1.82) is 0 Å². The van der Waals surface area contributed by atoms with Crippen molar-refractivity contribution >= 4 is 11.7 Å². The number of carboxylic acid groups (broad SMARTS) is 1. The van der Waals surface area contributed by atoms with E-state index < -0.39 is 5.97 Å². The molecule has 1 atom stereocenters. The molecule has 0 saturated carbocycles. The molecule has 1 unspecified atom stereocenters. The largest absolute Gasteiger partial charge is 0.481 e. The van der Waals surface area contributed by atoms with Crippen LogP contribution >= 0.6 is 0 Å². The monoisotopic (exact) mass is 285 g/mol. The molecule has 1 aliphatic rings. The minimum atomic E-state index is -0.705. The molecule has 0 amide bonds. The number of aryl methyl sites for hydroxylation is 1. The summed E-state index contributed by atoms with van der Waals surface area (Å²) in [6.45, 7) is 0. The molecule has 0 aliphatic heterocycles. The smallest absolute Gasteiger partial charge is 0.306 e. The Morgan fingerprint density at radius 3 is 2.67 bits per heavy atom. The maximum atomic E-state index is 11.1. The van der Waals surface area contributed by atoms with Gasteiger partial charge in [-0.25, -0.2) is 4.68 Å². The van der Waals surface area contributed by atoms with Crippen molar-refractivity contribution in [2.45, 2.75) is 19.3 Å². The molecule has 1 aliphatic carbocycles. The maximum Gasteiger partial charge on any atom is 0.306 e. The second kappa shape index (κ2) is 5.24. The highest BCUT2D eigenvalue weighted by atomic mass is 16.4. The van der Waals surface area contributed by atoms with Gasteiger partial charge in [-0.2, -0.15) is 5.10 Å². The van der Waals surface area contributed by atoms with E-state index in [9.17, 15) is 4.79 Å². The number of aliphatic carboxylic acids is 1. The second-order valence-corrected chi connectivity index (χ2v) is 5.73. The van der Waals surface area contributed by atoms with Crippen LogP contribution in [0.25, 0.3) is 5.69 Å². The van der Waals surface area contributed by atoms with Gasteiger partial charge in [0.25, 0.3) is 0 Å². The minimum Gasteiger partial charge on any atom is -0.481 e. The highest BCUT2D eigenvalue weighted by Gasteiger charge is 2.26. The van der Waals surface area contributed by atoms with Crippen LogP contribution in [0.5, 0.6) is 0 Å². The lowest BCUT2D eigenvalue weighted by Crippen LogP contribution is -2.21. The third-order valence-corrected chi connectivity index (χ3v) is 4.05. The van der Waals surface area contributed by atoms with Gasteiger partial charge >= 0.3 is 5.97 Å². The van der Waals surface area contributed by atoms with Gasteiger partial charge in [-0.05, 0) is 49.1 Å². The van der Waals surface area contributed by atoms with Crippen LogP contribution < -0.4 is 4.90 Å². The minimum absolute atomic E-state index is 0.272. The molecule has 0 saturated heterocycles. The third kappa shape index (κ3) is 2.63. The number of rotatable bonds is 3. The summed E-state index contributed by atoms with van der Waals surface area (Å²) in [5, 5.41) is 13.7. The number of aromatic nitrogens is 2.